The van der Waals surface area contributed by atoms with Gasteiger partial charge in [-0.15, -0.1) is 4.41 Å². The van der Waals surface area contributed by atoms with Crippen molar-refractivity contribution in [2.45, 2.75) is 82.4 Å². The minimum absolute atomic E-state index is 0.170. The summed E-state index contributed by atoms with van der Waals surface area (Å²) < 4.78 is 33.5. The zero-order valence-electron chi connectivity index (χ0n) is 20.6. The van der Waals surface area contributed by atoms with Gasteiger partial charge in [-0.3, -0.25) is 0 Å². The molecule has 0 heterocycles. The summed E-state index contributed by atoms with van der Waals surface area (Å²) in [5, 5.41) is 9.21. The van der Waals surface area contributed by atoms with Crippen molar-refractivity contribution in [2.75, 3.05) is 19.1 Å². The van der Waals surface area contributed by atoms with Crippen LogP contribution < -0.4 is 10.2 Å². The third-order valence-electron chi connectivity index (χ3n) is 5.88. The molecule has 6 nitrogen and oxygen atoms in total. The SMILES string of the molecule is CCCCCCCCCCCCN(Nc1cc(OC)ccc1CC#N)S(=O)(=O)c1ccccc1. The lowest BCUT2D eigenvalue weighted by atomic mass is 10.1. The molecule has 0 aliphatic heterocycles. The molecule has 0 unspecified atom stereocenters. The molecule has 0 radical (unpaired) electrons. The molecule has 1 N–H and O–H groups in total. The van der Waals surface area contributed by atoms with E-state index in [-0.39, 0.29) is 11.3 Å². The summed E-state index contributed by atoms with van der Waals surface area (Å²) in [5.41, 5.74) is 4.38. The molecule has 0 saturated carbocycles. The molecule has 34 heavy (non-hydrogen) atoms. The van der Waals surface area contributed by atoms with Gasteiger partial charge < -0.3 is 10.2 Å². The van der Waals surface area contributed by atoms with Crippen LogP contribution in [0, 0.1) is 11.3 Å². The molecule has 0 bridgehead atoms. The smallest absolute Gasteiger partial charge is 0.259 e. The maximum atomic E-state index is 13.4. The highest BCUT2D eigenvalue weighted by Crippen LogP contribution is 2.26. The van der Waals surface area contributed by atoms with Crippen LogP contribution in [0.15, 0.2) is 53.4 Å². The van der Waals surface area contributed by atoms with Crippen molar-refractivity contribution in [1.82, 2.24) is 4.41 Å². The Morgan fingerprint density at radius 1 is 0.912 bits per heavy atom. The number of hydrazine groups is 1. The van der Waals surface area contributed by atoms with Gasteiger partial charge in [-0.05, 0) is 30.2 Å². The predicted molar refractivity (Wildman–Crippen MR) is 138 cm³/mol. The van der Waals surface area contributed by atoms with Gasteiger partial charge in [0.15, 0.2) is 0 Å². The first-order valence-corrected chi connectivity index (χ1v) is 13.8. The van der Waals surface area contributed by atoms with E-state index in [1.807, 2.05) is 0 Å². The molecule has 0 spiro atoms. The molecule has 7 heteroatoms. The summed E-state index contributed by atoms with van der Waals surface area (Å²) in [4.78, 5) is 0.235. The molecule has 0 aliphatic carbocycles. The van der Waals surface area contributed by atoms with Crippen LogP contribution in [-0.2, 0) is 16.4 Å². The fourth-order valence-corrected chi connectivity index (χ4v) is 5.20. The Morgan fingerprint density at radius 2 is 1.53 bits per heavy atom. The Labute approximate surface area is 206 Å². The van der Waals surface area contributed by atoms with Gasteiger partial charge >= 0.3 is 0 Å². The molecule has 186 valence electrons. The molecule has 0 aliphatic rings. The zero-order chi connectivity index (χ0) is 24.7. The number of ether oxygens (including phenoxy) is 1. The lowest BCUT2D eigenvalue weighted by Crippen LogP contribution is -2.37. The van der Waals surface area contributed by atoms with Gasteiger partial charge in [0.05, 0.1) is 30.2 Å². The number of sulfonamides is 1. The monoisotopic (exact) mass is 485 g/mol. The van der Waals surface area contributed by atoms with E-state index in [4.69, 9.17) is 4.74 Å². The van der Waals surface area contributed by atoms with Crippen LogP contribution >= 0.6 is 0 Å². The highest BCUT2D eigenvalue weighted by molar-refractivity contribution is 7.89. The van der Waals surface area contributed by atoms with Crippen molar-refractivity contribution >= 4 is 15.7 Å². The van der Waals surface area contributed by atoms with E-state index in [2.05, 4.69) is 18.4 Å². The molecular formula is C27H39N3O3S. The van der Waals surface area contributed by atoms with E-state index >= 15 is 0 Å². The summed E-state index contributed by atoms with van der Waals surface area (Å²) >= 11 is 0. The topological polar surface area (TPSA) is 82.4 Å². The van der Waals surface area contributed by atoms with E-state index < -0.39 is 10.0 Å². The average Bonchev–Trinajstić information content (AvgIpc) is 2.86. The van der Waals surface area contributed by atoms with Crippen molar-refractivity contribution < 1.29 is 13.2 Å². The summed E-state index contributed by atoms with van der Waals surface area (Å²) in [6.07, 6.45) is 11.9. The van der Waals surface area contributed by atoms with Crippen LogP contribution in [0.25, 0.3) is 0 Å². The fraction of sp³-hybridized carbons (Fsp3) is 0.519. The van der Waals surface area contributed by atoms with Crippen molar-refractivity contribution in [3.63, 3.8) is 0 Å². The molecule has 0 aromatic heterocycles. The van der Waals surface area contributed by atoms with Crippen molar-refractivity contribution in [2.24, 2.45) is 0 Å². The lowest BCUT2D eigenvalue weighted by molar-refractivity contribution is 0.413. The molecule has 0 saturated heterocycles. The quantitative estimate of drug-likeness (QED) is 0.199. The van der Waals surface area contributed by atoms with Gasteiger partial charge in [0.1, 0.15) is 5.75 Å². The molecular weight excluding hydrogens is 446 g/mol. The number of methoxy groups -OCH3 is 1. The molecule has 0 atom stereocenters. The fourth-order valence-electron chi connectivity index (χ4n) is 3.86. The molecule has 0 amide bonds. The van der Waals surface area contributed by atoms with Crippen molar-refractivity contribution in [3.05, 3.63) is 54.1 Å². The standard InChI is InChI=1S/C27H39N3O3S/c1-3-4-5-6-7-8-9-10-11-15-22-30(34(31,32)26-16-13-12-14-17-26)29-27-23-25(33-2)19-18-24(27)20-21-28/h12-14,16-19,23,29H,3-11,15,20,22H2,1-2H3. The molecule has 2 aromatic carbocycles. The first-order chi connectivity index (χ1) is 16.5. The van der Waals surface area contributed by atoms with Gasteiger partial charge in [-0.25, -0.2) is 8.42 Å². The van der Waals surface area contributed by atoms with Gasteiger partial charge in [0.25, 0.3) is 10.0 Å². The molecule has 2 aromatic rings. The maximum Gasteiger partial charge on any atom is 0.259 e. The minimum atomic E-state index is -3.76. The van der Waals surface area contributed by atoms with Crippen LogP contribution in [-0.4, -0.2) is 26.5 Å². The maximum absolute atomic E-state index is 13.4. The zero-order valence-corrected chi connectivity index (χ0v) is 21.4. The van der Waals surface area contributed by atoms with Gasteiger partial charge in [0.2, 0.25) is 0 Å². The van der Waals surface area contributed by atoms with Gasteiger partial charge in [-0.1, -0.05) is 89.0 Å². The van der Waals surface area contributed by atoms with E-state index in [0.29, 0.717) is 18.0 Å². The van der Waals surface area contributed by atoms with Gasteiger partial charge in [0, 0.05) is 12.6 Å². The predicted octanol–water partition coefficient (Wildman–Crippen LogP) is 6.70. The number of rotatable bonds is 17. The van der Waals surface area contributed by atoms with Crippen LogP contribution in [0.4, 0.5) is 5.69 Å². The Morgan fingerprint density at radius 3 is 2.12 bits per heavy atom. The third-order valence-corrected chi connectivity index (χ3v) is 7.60. The van der Waals surface area contributed by atoms with Crippen molar-refractivity contribution in [1.29, 1.82) is 5.26 Å². The van der Waals surface area contributed by atoms with Gasteiger partial charge in [-0.2, -0.15) is 5.26 Å². The van der Waals surface area contributed by atoms with E-state index in [1.54, 1.807) is 55.6 Å². The number of nitrogens with one attached hydrogen (secondary N) is 1. The Bertz CT molecular complexity index is 988. The van der Waals surface area contributed by atoms with E-state index in [0.717, 1.165) is 24.8 Å². The number of anilines is 1. The van der Waals surface area contributed by atoms with E-state index in [9.17, 15) is 13.7 Å². The normalized spacial score (nSPS) is 11.4. The average molecular weight is 486 g/mol. The van der Waals surface area contributed by atoms with Crippen LogP contribution in [0.3, 0.4) is 0 Å². The number of hydrogen-bond acceptors (Lipinski definition) is 5. The Balaban J connectivity index is 2.05. The largest absolute Gasteiger partial charge is 0.497 e. The first kappa shape index (κ1) is 27.7. The van der Waals surface area contributed by atoms with Crippen LogP contribution in [0.5, 0.6) is 5.75 Å². The second-order valence-electron chi connectivity index (χ2n) is 8.54. The molecule has 0 fully saturated rings. The summed E-state index contributed by atoms with van der Waals surface area (Å²) in [5.74, 6) is 0.597. The Hall–Kier alpha value is -2.56. The van der Waals surface area contributed by atoms with Crippen LogP contribution in [0.1, 0.15) is 76.7 Å². The lowest BCUT2D eigenvalue weighted by Gasteiger charge is -2.25. The highest BCUT2D eigenvalue weighted by atomic mass is 32.2. The number of hydrogen-bond donors (Lipinski definition) is 1. The molecule has 2 rings (SSSR count). The summed E-state index contributed by atoms with van der Waals surface area (Å²) in [6.45, 7) is 2.58. The second-order valence-corrected chi connectivity index (χ2v) is 10.4. The van der Waals surface area contributed by atoms with E-state index in [1.165, 1.54) is 49.4 Å². The summed E-state index contributed by atoms with van der Waals surface area (Å²) in [6, 6.07) is 15.9. The second kappa shape index (κ2) is 15.4. The number of benzene rings is 2. The summed E-state index contributed by atoms with van der Waals surface area (Å²) in [7, 11) is -2.20. The first-order valence-electron chi connectivity index (χ1n) is 12.4. The number of unbranched alkanes of at least 4 members (excludes halogenated alkanes) is 9. The van der Waals surface area contributed by atoms with Crippen LogP contribution in [0.2, 0.25) is 0 Å². The van der Waals surface area contributed by atoms with Crippen molar-refractivity contribution in [3.8, 4) is 11.8 Å². The number of nitriles is 1. The number of nitrogens with zero attached hydrogens (tertiary/aromatic N) is 2. The Kier molecular flexibility index (Phi) is 12.5. The highest BCUT2D eigenvalue weighted by Gasteiger charge is 2.25. The third kappa shape index (κ3) is 9.00. The minimum Gasteiger partial charge on any atom is -0.497 e.